The summed E-state index contributed by atoms with van der Waals surface area (Å²) < 4.78 is 0. The van der Waals surface area contributed by atoms with Gasteiger partial charge in [-0.2, -0.15) is 0 Å². The standard InChI is InChI=1S/C23H23N3/c1-15-10-12-20(13-11-15)26-17(3)22-16(2)21(25-23(22)24-18(26)4)14-19-8-6-5-7-9-19/h5-13,25H,3,14H2,1-2,4H3. The second-order valence-electron chi connectivity index (χ2n) is 6.89. The van der Waals surface area contributed by atoms with E-state index in [1.165, 1.54) is 22.4 Å². The van der Waals surface area contributed by atoms with E-state index in [2.05, 4.69) is 78.8 Å². The Bertz CT molecular complexity index is 992. The summed E-state index contributed by atoms with van der Waals surface area (Å²) in [6.07, 6.45) is 0.867. The number of benzene rings is 2. The van der Waals surface area contributed by atoms with Crippen molar-refractivity contribution in [1.29, 1.82) is 0 Å². The molecule has 0 fully saturated rings. The Morgan fingerprint density at radius 3 is 2.35 bits per heavy atom. The van der Waals surface area contributed by atoms with Crippen LogP contribution in [0.15, 0.2) is 66.2 Å². The second-order valence-corrected chi connectivity index (χ2v) is 6.89. The number of fused-ring (bicyclic) bond motifs is 1. The maximum atomic E-state index is 4.83. The highest BCUT2D eigenvalue weighted by Gasteiger charge is 2.27. The Morgan fingerprint density at radius 1 is 0.962 bits per heavy atom. The molecule has 0 amide bonds. The van der Waals surface area contributed by atoms with Gasteiger partial charge in [0.15, 0.2) is 0 Å². The van der Waals surface area contributed by atoms with Crippen molar-refractivity contribution in [2.45, 2.75) is 27.2 Å². The van der Waals surface area contributed by atoms with Gasteiger partial charge in [0, 0.05) is 23.4 Å². The Kier molecular flexibility index (Phi) is 4.00. The molecule has 0 saturated carbocycles. The molecule has 1 aliphatic heterocycles. The number of hydrogen-bond acceptors (Lipinski definition) is 2. The molecule has 3 nitrogen and oxygen atoms in total. The molecule has 0 aliphatic carbocycles. The van der Waals surface area contributed by atoms with Crippen LogP contribution in [0.3, 0.4) is 0 Å². The molecule has 3 aromatic rings. The lowest BCUT2D eigenvalue weighted by Crippen LogP contribution is -2.29. The van der Waals surface area contributed by atoms with Crippen LogP contribution in [-0.4, -0.2) is 10.8 Å². The van der Waals surface area contributed by atoms with Gasteiger partial charge < -0.3 is 4.98 Å². The van der Waals surface area contributed by atoms with Gasteiger partial charge >= 0.3 is 0 Å². The third-order valence-electron chi connectivity index (χ3n) is 5.01. The lowest BCUT2D eigenvalue weighted by molar-refractivity contribution is 1.08. The molecule has 0 radical (unpaired) electrons. The van der Waals surface area contributed by atoms with Crippen LogP contribution in [0.2, 0.25) is 0 Å². The molecule has 0 atom stereocenters. The van der Waals surface area contributed by atoms with E-state index in [1.807, 2.05) is 13.0 Å². The Labute approximate surface area is 154 Å². The molecule has 1 aliphatic rings. The normalized spacial score (nSPS) is 13.6. The van der Waals surface area contributed by atoms with E-state index >= 15 is 0 Å². The maximum Gasteiger partial charge on any atom is 0.141 e. The fourth-order valence-corrected chi connectivity index (χ4v) is 3.60. The van der Waals surface area contributed by atoms with Gasteiger partial charge in [-0.15, -0.1) is 0 Å². The molecule has 130 valence electrons. The smallest absolute Gasteiger partial charge is 0.141 e. The number of aromatic nitrogens is 1. The van der Waals surface area contributed by atoms with Crippen LogP contribution in [0.25, 0.3) is 5.70 Å². The highest BCUT2D eigenvalue weighted by atomic mass is 15.2. The SMILES string of the molecule is C=C1c2c([nH]c(Cc3ccccc3)c2C)N=C(C)N1c1ccc(C)cc1. The highest BCUT2D eigenvalue weighted by Crippen LogP contribution is 2.39. The molecule has 4 rings (SSSR count). The lowest BCUT2D eigenvalue weighted by atomic mass is 10.0. The number of rotatable bonds is 3. The average molecular weight is 341 g/mol. The summed E-state index contributed by atoms with van der Waals surface area (Å²) in [6, 6.07) is 19.0. The van der Waals surface area contributed by atoms with Gasteiger partial charge in [-0.3, -0.25) is 4.90 Å². The highest BCUT2D eigenvalue weighted by molar-refractivity contribution is 6.12. The minimum atomic E-state index is 0.867. The molecule has 2 aromatic carbocycles. The summed E-state index contributed by atoms with van der Waals surface area (Å²) in [5, 5.41) is 0. The first kappa shape index (κ1) is 16.4. The fourth-order valence-electron chi connectivity index (χ4n) is 3.60. The number of nitrogens with one attached hydrogen (secondary N) is 1. The van der Waals surface area contributed by atoms with Gasteiger partial charge in [0.1, 0.15) is 11.7 Å². The lowest BCUT2D eigenvalue weighted by Gasteiger charge is -2.30. The zero-order chi connectivity index (χ0) is 18.3. The predicted molar refractivity (Wildman–Crippen MR) is 110 cm³/mol. The molecule has 3 heteroatoms. The molecule has 0 bridgehead atoms. The summed E-state index contributed by atoms with van der Waals surface area (Å²) in [5.74, 6) is 1.85. The first-order valence-electron chi connectivity index (χ1n) is 8.91. The zero-order valence-electron chi connectivity index (χ0n) is 15.5. The van der Waals surface area contributed by atoms with E-state index in [0.717, 1.165) is 35.0 Å². The number of aryl methyl sites for hydroxylation is 1. The number of anilines is 1. The number of H-pyrrole nitrogens is 1. The molecule has 0 saturated heterocycles. The molecule has 0 spiro atoms. The topological polar surface area (TPSA) is 31.4 Å². The number of amidine groups is 1. The van der Waals surface area contributed by atoms with Crippen molar-refractivity contribution in [2.75, 3.05) is 4.90 Å². The quantitative estimate of drug-likeness (QED) is 0.645. The van der Waals surface area contributed by atoms with Crippen LogP contribution in [0, 0.1) is 13.8 Å². The number of hydrogen-bond donors (Lipinski definition) is 1. The molecule has 2 heterocycles. The van der Waals surface area contributed by atoms with Crippen molar-refractivity contribution in [3.63, 3.8) is 0 Å². The van der Waals surface area contributed by atoms with Crippen molar-refractivity contribution in [3.05, 3.63) is 89.1 Å². The van der Waals surface area contributed by atoms with Gasteiger partial charge in [0.25, 0.3) is 0 Å². The van der Waals surface area contributed by atoms with Crippen molar-refractivity contribution >= 4 is 23.0 Å². The first-order valence-corrected chi connectivity index (χ1v) is 8.91. The molecular formula is C23H23N3. The minimum absolute atomic E-state index is 0.867. The summed E-state index contributed by atoms with van der Waals surface area (Å²) in [4.78, 5) is 10.5. The van der Waals surface area contributed by atoms with Gasteiger partial charge in [-0.25, -0.2) is 4.99 Å². The first-order chi connectivity index (χ1) is 12.5. The predicted octanol–water partition coefficient (Wildman–Crippen LogP) is 5.76. The van der Waals surface area contributed by atoms with Gasteiger partial charge in [-0.1, -0.05) is 54.6 Å². The van der Waals surface area contributed by atoms with Gasteiger partial charge in [-0.05, 0) is 44.0 Å². The van der Waals surface area contributed by atoms with E-state index < -0.39 is 0 Å². The van der Waals surface area contributed by atoms with Crippen LogP contribution in [-0.2, 0) is 6.42 Å². The van der Waals surface area contributed by atoms with Crippen molar-refractivity contribution in [1.82, 2.24) is 4.98 Å². The van der Waals surface area contributed by atoms with Crippen molar-refractivity contribution < 1.29 is 0 Å². The Hall–Kier alpha value is -3.07. The number of aromatic amines is 1. The third-order valence-corrected chi connectivity index (χ3v) is 5.01. The molecule has 1 aromatic heterocycles. The monoisotopic (exact) mass is 341 g/mol. The van der Waals surface area contributed by atoms with Crippen LogP contribution < -0.4 is 4.90 Å². The van der Waals surface area contributed by atoms with Crippen LogP contribution in [0.5, 0.6) is 0 Å². The van der Waals surface area contributed by atoms with E-state index in [4.69, 9.17) is 4.99 Å². The maximum absolute atomic E-state index is 4.83. The number of aliphatic imine (C=N–C) groups is 1. The average Bonchev–Trinajstić information content (AvgIpc) is 2.93. The number of nitrogens with zero attached hydrogens (tertiary/aromatic N) is 2. The van der Waals surface area contributed by atoms with Crippen LogP contribution in [0.4, 0.5) is 11.5 Å². The largest absolute Gasteiger partial charge is 0.343 e. The zero-order valence-corrected chi connectivity index (χ0v) is 15.5. The summed E-state index contributed by atoms with van der Waals surface area (Å²) in [6.45, 7) is 10.7. The molecule has 26 heavy (non-hydrogen) atoms. The third kappa shape index (κ3) is 2.76. The summed E-state index contributed by atoms with van der Waals surface area (Å²) in [7, 11) is 0. The van der Waals surface area contributed by atoms with E-state index in [-0.39, 0.29) is 0 Å². The van der Waals surface area contributed by atoms with Gasteiger partial charge in [0.2, 0.25) is 0 Å². The molecular weight excluding hydrogens is 318 g/mol. The van der Waals surface area contributed by atoms with E-state index in [0.29, 0.717) is 0 Å². The van der Waals surface area contributed by atoms with Crippen molar-refractivity contribution in [3.8, 4) is 0 Å². The summed E-state index contributed by atoms with van der Waals surface area (Å²) in [5.41, 5.74) is 8.14. The Balaban J connectivity index is 1.73. The molecule has 1 N–H and O–H groups in total. The Morgan fingerprint density at radius 2 is 1.65 bits per heavy atom. The van der Waals surface area contributed by atoms with Gasteiger partial charge in [0.05, 0.1) is 5.70 Å². The van der Waals surface area contributed by atoms with E-state index in [9.17, 15) is 0 Å². The van der Waals surface area contributed by atoms with E-state index in [1.54, 1.807) is 0 Å². The van der Waals surface area contributed by atoms with Crippen LogP contribution in [0.1, 0.15) is 34.9 Å². The minimum Gasteiger partial charge on any atom is -0.343 e. The summed E-state index contributed by atoms with van der Waals surface area (Å²) >= 11 is 0. The molecule has 0 unspecified atom stereocenters. The second kappa shape index (κ2) is 6.34. The van der Waals surface area contributed by atoms with Crippen molar-refractivity contribution in [2.24, 2.45) is 4.99 Å². The van der Waals surface area contributed by atoms with Crippen LogP contribution >= 0.6 is 0 Å². The fraction of sp³-hybridized carbons (Fsp3) is 0.174.